The number of benzene rings is 3. The standard InChI is InChI=1S/C31H27NOS/c1-18-8-6-9-19(2)29(18)24-15-26(32-17-25(24)31(3,4)5)22-11-7-10-21-23-16-28-20(12-13-34-28)14-27(23)33-30(21)22/h6-17H,1-5H3. The largest absolute Gasteiger partial charge is 0.455 e. The smallest absolute Gasteiger partial charge is 0.144 e. The number of nitrogens with zero attached hydrogens (tertiary/aromatic N) is 1. The Hall–Kier alpha value is -3.43. The molecule has 3 aromatic heterocycles. The Kier molecular flexibility index (Phi) is 4.69. The lowest BCUT2D eigenvalue weighted by Gasteiger charge is -2.25. The van der Waals surface area contributed by atoms with Gasteiger partial charge >= 0.3 is 0 Å². The number of furan rings is 1. The second-order valence-corrected chi connectivity index (χ2v) is 11.2. The minimum Gasteiger partial charge on any atom is -0.455 e. The van der Waals surface area contributed by atoms with E-state index in [1.54, 1.807) is 11.3 Å². The molecule has 0 aliphatic carbocycles. The summed E-state index contributed by atoms with van der Waals surface area (Å²) in [7, 11) is 0. The maximum absolute atomic E-state index is 6.47. The molecule has 0 amide bonds. The number of fused-ring (bicyclic) bond motifs is 4. The Morgan fingerprint density at radius 2 is 1.59 bits per heavy atom. The van der Waals surface area contributed by atoms with Crippen molar-refractivity contribution in [2.45, 2.75) is 40.0 Å². The molecule has 3 heterocycles. The highest BCUT2D eigenvalue weighted by Crippen LogP contribution is 2.41. The lowest BCUT2D eigenvalue weighted by molar-refractivity contribution is 0.589. The van der Waals surface area contributed by atoms with E-state index in [2.05, 4.69) is 107 Å². The van der Waals surface area contributed by atoms with E-state index in [0.717, 1.165) is 33.2 Å². The zero-order chi connectivity index (χ0) is 23.6. The molecule has 0 aliphatic rings. The molecule has 0 atom stereocenters. The van der Waals surface area contributed by atoms with Gasteiger partial charge in [0.25, 0.3) is 0 Å². The van der Waals surface area contributed by atoms with Crippen LogP contribution in [0.5, 0.6) is 0 Å². The van der Waals surface area contributed by atoms with Gasteiger partial charge in [0.05, 0.1) is 5.69 Å². The SMILES string of the molecule is Cc1cccc(C)c1-c1cc(-c2cccc3c2oc2cc4ccsc4cc23)ncc1C(C)(C)C. The fourth-order valence-electron chi connectivity index (χ4n) is 5.10. The minimum absolute atomic E-state index is 0.0211. The Morgan fingerprint density at radius 1 is 0.824 bits per heavy atom. The van der Waals surface area contributed by atoms with Crippen LogP contribution in [0.1, 0.15) is 37.5 Å². The van der Waals surface area contributed by atoms with Crippen molar-refractivity contribution >= 4 is 43.4 Å². The van der Waals surface area contributed by atoms with Crippen LogP contribution in [0, 0.1) is 13.8 Å². The van der Waals surface area contributed by atoms with Gasteiger partial charge in [0.1, 0.15) is 11.2 Å². The third-order valence-corrected chi connectivity index (χ3v) is 7.69. The van der Waals surface area contributed by atoms with Gasteiger partial charge in [-0.1, -0.05) is 51.1 Å². The summed E-state index contributed by atoms with van der Waals surface area (Å²) in [5, 5.41) is 5.65. The van der Waals surface area contributed by atoms with Gasteiger partial charge in [-0.3, -0.25) is 4.98 Å². The molecule has 34 heavy (non-hydrogen) atoms. The van der Waals surface area contributed by atoms with Gasteiger partial charge in [0.2, 0.25) is 0 Å². The molecule has 0 saturated carbocycles. The molecule has 0 fully saturated rings. The van der Waals surface area contributed by atoms with Crippen molar-refractivity contribution < 1.29 is 4.42 Å². The maximum Gasteiger partial charge on any atom is 0.144 e. The summed E-state index contributed by atoms with van der Waals surface area (Å²) < 4.78 is 7.75. The highest BCUT2D eigenvalue weighted by molar-refractivity contribution is 7.17. The summed E-state index contributed by atoms with van der Waals surface area (Å²) in [5.41, 5.74) is 10.2. The monoisotopic (exact) mass is 461 g/mol. The number of pyridine rings is 1. The minimum atomic E-state index is -0.0211. The quantitative estimate of drug-likeness (QED) is 0.257. The first-order chi connectivity index (χ1) is 16.3. The molecule has 0 spiro atoms. The molecule has 168 valence electrons. The molecule has 0 radical (unpaired) electrons. The van der Waals surface area contributed by atoms with Crippen molar-refractivity contribution in [3.63, 3.8) is 0 Å². The predicted octanol–water partition coefficient (Wildman–Crippen LogP) is 9.44. The van der Waals surface area contributed by atoms with Crippen molar-refractivity contribution in [2.75, 3.05) is 0 Å². The molecule has 6 rings (SSSR count). The maximum atomic E-state index is 6.47. The highest BCUT2D eigenvalue weighted by Gasteiger charge is 2.23. The summed E-state index contributed by atoms with van der Waals surface area (Å²) >= 11 is 1.77. The van der Waals surface area contributed by atoms with E-state index < -0.39 is 0 Å². The number of aryl methyl sites for hydroxylation is 2. The average molecular weight is 462 g/mol. The number of rotatable bonds is 2. The molecule has 0 unspecified atom stereocenters. The predicted molar refractivity (Wildman–Crippen MR) is 146 cm³/mol. The summed E-state index contributed by atoms with van der Waals surface area (Å²) in [4.78, 5) is 4.97. The van der Waals surface area contributed by atoms with Gasteiger partial charge < -0.3 is 4.42 Å². The van der Waals surface area contributed by atoms with E-state index in [9.17, 15) is 0 Å². The van der Waals surface area contributed by atoms with E-state index in [4.69, 9.17) is 9.40 Å². The average Bonchev–Trinajstić information content (AvgIpc) is 3.40. The number of hydrogen-bond acceptors (Lipinski definition) is 3. The van der Waals surface area contributed by atoms with Crippen molar-refractivity contribution in [2.24, 2.45) is 0 Å². The van der Waals surface area contributed by atoms with Crippen LogP contribution in [0.25, 0.3) is 54.4 Å². The topological polar surface area (TPSA) is 26.0 Å². The zero-order valence-corrected chi connectivity index (χ0v) is 21.0. The first-order valence-corrected chi connectivity index (χ1v) is 12.6. The normalized spacial score (nSPS) is 12.3. The highest BCUT2D eigenvalue weighted by atomic mass is 32.1. The van der Waals surface area contributed by atoms with E-state index in [0.29, 0.717) is 0 Å². The Labute approximate surface area is 203 Å². The van der Waals surface area contributed by atoms with Crippen molar-refractivity contribution in [1.29, 1.82) is 0 Å². The van der Waals surface area contributed by atoms with Crippen molar-refractivity contribution in [3.8, 4) is 22.4 Å². The summed E-state index contributed by atoms with van der Waals surface area (Å²) in [6.07, 6.45) is 2.06. The lowest BCUT2D eigenvalue weighted by Crippen LogP contribution is -2.14. The van der Waals surface area contributed by atoms with Crippen LogP contribution in [0.2, 0.25) is 0 Å². The van der Waals surface area contributed by atoms with Crippen LogP contribution in [0.4, 0.5) is 0 Å². The van der Waals surface area contributed by atoms with Crippen LogP contribution in [0.15, 0.2) is 76.7 Å². The number of thiophene rings is 1. The summed E-state index contributed by atoms with van der Waals surface area (Å²) in [6, 6.07) is 21.7. The van der Waals surface area contributed by atoms with Crippen LogP contribution in [-0.4, -0.2) is 4.98 Å². The molecule has 0 bridgehead atoms. The van der Waals surface area contributed by atoms with E-state index in [-0.39, 0.29) is 5.41 Å². The van der Waals surface area contributed by atoms with Crippen LogP contribution < -0.4 is 0 Å². The van der Waals surface area contributed by atoms with Crippen molar-refractivity contribution in [3.05, 3.63) is 88.9 Å². The molecule has 0 saturated heterocycles. The number of para-hydroxylation sites is 1. The zero-order valence-electron chi connectivity index (χ0n) is 20.2. The molecule has 0 aliphatic heterocycles. The van der Waals surface area contributed by atoms with Gasteiger partial charge in [0, 0.05) is 27.2 Å². The molecule has 3 heteroatoms. The second kappa shape index (κ2) is 7.54. The first-order valence-electron chi connectivity index (χ1n) is 11.7. The molecule has 0 N–H and O–H groups in total. The van der Waals surface area contributed by atoms with Gasteiger partial charge in [-0.15, -0.1) is 11.3 Å². The van der Waals surface area contributed by atoms with Crippen molar-refractivity contribution in [1.82, 2.24) is 4.98 Å². The number of hydrogen-bond donors (Lipinski definition) is 0. The molecule has 2 nitrogen and oxygen atoms in total. The van der Waals surface area contributed by atoms with Crippen LogP contribution in [0.3, 0.4) is 0 Å². The van der Waals surface area contributed by atoms with Gasteiger partial charge in [-0.2, -0.15) is 0 Å². The summed E-state index contributed by atoms with van der Waals surface area (Å²) in [5.74, 6) is 0. The molecule has 6 aromatic rings. The third kappa shape index (κ3) is 3.26. The van der Waals surface area contributed by atoms with Crippen LogP contribution in [-0.2, 0) is 5.41 Å². The van der Waals surface area contributed by atoms with Gasteiger partial charge in [0.15, 0.2) is 0 Å². The Morgan fingerprint density at radius 3 is 2.35 bits per heavy atom. The lowest BCUT2D eigenvalue weighted by atomic mass is 9.80. The molecule has 3 aromatic carbocycles. The fraction of sp³-hybridized carbons (Fsp3) is 0.194. The Bertz CT molecular complexity index is 1690. The Balaban J connectivity index is 1.63. The first kappa shape index (κ1) is 21.1. The van der Waals surface area contributed by atoms with E-state index in [1.165, 1.54) is 37.9 Å². The van der Waals surface area contributed by atoms with Crippen LogP contribution >= 0.6 is 11.3 Å². The molecular weight excluding hydrogens is 434 g/mol. The molecular formula is C31H27NOS. The summed E-state index contributed by atoms with van der Waals surface area (Å²) in [6.45, 7) is 11.2. The van der Waals surface area contributed by atoms with E-state index >= 15 is 0 Å². The van der Waals surface area contributed by atoms with Gasteiger partial charge in [-0.25, -0.2) is 0 Å². The third-order valence-electron chi connectivity index (χ3n) is 6.81. The fourth-order valence-corrected chi connectivity index (χ4v) is 5.91. The second-order valence-electron chi connectivity index (χ2n) is 10.2. The van der Waals surface area contributed by atoms with E-state index in [1.807, 2.05) is 0 Å². The number of aromatic nitrogens is 1. The van der Waals surface area contributed by atoms with Gasteiger partial charge in [-0.05, 0) is 88.2 Å².